The summed E-state index contributed by atoms with van der Waals surface area (Å²) in [6, 6.07) is 20.8. The second kappa shape index (κ2) is 27.7. The van der Waals surface area contributed by atoms with Gasteiger partial charge in [0.25, 0.3) is 0 Å². The zero-order chi connectivity index (χ0) is 53.4. The fourth-order valence-corrected chi connectivity index (χ4v) is 9.02. The van der Waals surface area contributed by atoms with Crippen LogP contribution in [0.15, 0.2) is 88.7 Å². The smallest absolute Gasteiger partial charge is 0.228 e. The van der Waals surface area contributed by atoms with E-state index in [0.717, 1.165) is 92.2 Å². The number of nitrogens with zero attached hydrogens (tertiary/aromatic N) is 6. The van der Waals surface area contributed by atoms with Gasteiger partial charge in [0.15, 0.2) is 11.6 Å². The van der Waals surface area contributed by atoms with Gasteiger partial charge in [-0.15, -0.1) is 0 Å². The van der Waals surface area contributed by atoms with Crippen molar-refractivity contribution in [3.05, 3.63) is 112 Å². The molecule has 15 nitrogen and oxygen atoms in total. The Morgan fingerprint density at radius 1 is 0.795 bits per heavy atom. The Morgan fingerprint density at radius 2 is 1.41 bits per heavy atom. The first-order chi connectivity index (χ1) is 34.9. The van der Waals surface area contributed by atoms with Gasteiger partial charge in [-0.2, -0.15) is 4.98 Å². The number of likely N-dealkylation sites (tertiary alicyclic amines) is 1. The third kappa shape index (κ3) is 16.3. The van der Waals surface area contributed by atoms with E-state index in [1.54, 1.807) is 38.1 Å². The van der Waals surface area contributed by atoms with E-state index < -0.39 is 11.6 Å². The van der Waals surface area contributed by atoms with E-state index in [9.17, 15) is 13.2 Å². The van der Waals surface area contributed by atoms with E-state index in [1.165, 1.54) is 19.2 Å². The van der Waals surface area contributed by atoms with Crippen molar-refractivity contribution in [2.75, 3.05) is 73.6 Å². The largest absolute Gasteiger partial charge is 0.495 e. The molecular formula is C52H65ClF3N13O2S2. The van der Waals surface area contributed by atoms with Gasteiger partial charge < -0.3 is 56.3 Å². The second-order valence-electron chi connectivity index (χ2n) is 17.1. The van der Waals surface area contributed by atoms with Crippen LogP contribution in [-0.4, -0.2) is 101 Å². The average molecular weight is 1060 g/mol. The van der Waals surface area contributed by atoms with Crippen LogP contribution in [0.1, 0.15) is 71.9 Å². The number of nitrogens with one attached hydrogen (secondary N) is 5. The van der Waals surface area contributed by atoms with E-state index in [4.69, 9.17) is 48.3 Å². The third-order valence-electron chi connectivity index (χ3n) is 11.1. The predicted molar refractivity (Wildman–Crippen MR) is 295 cm³/mol. The lowest BCUT2D eigenvalue weighted by Crippen LogP contribution is -2.32. The Balaban J connectivity index is 0.000000263. The molecule has 0 radical (unpaired) electrons. The first-order valence-electron chi connectivity index (χ1n) is 23.7. The maximum Gasteiger partial charge on any atom is 0.228 e. The van der Waals surface area contributed by atoms with E-state index in [-0.39, 0.29) is 39.9 Å². The summed E-state index contributed by atoms with van der Waals surface area (Å²) in [7, 11) is 5.43. The molecule has 73 heavy (non-hydrogen) atoms. The summed E-state index contributed by atoms with van der Waals surface area (Å²) in [6.07, 6.45) is 2.85. The number of halogens is 4. The number of ether oxygens (including phenoxy) is 2. The van der Waals surface area contributed by atoms with Crippen molar-refractivity contribution in [2.24, 2.45) is 0 Å². The summed E-state index contributed by atoms with van der Waals surface area (Å²) in [5.41, 5.74) is 16.6. The van der Waals surface area contributed by atoms with Gasteiger partial charge in [0.05, 0.1) is 33.7 Å². The van der Waals surface area contributed by atoms with Crippen molar-refractivity contribution >= 4 is 75.7 Å². The highest BCUT2D eigenvalue weighted by atomic mass is 35.5. The van der Waals surface area contributed by atoms with Crippen molar-refractivity contribution in [1.29, 1.82) is 10.8 Å². The average Bonchev–Trinajstić information content (AvgIpc) is 3.60. The van der Waals surface area contributed by atoms with E-state index in [1.807, 2.05) is 57.1 Å². The standard InChI is InChI=1S/C27H32ClFN6OS.C23H27F2N7OS.C2H6/c1-16(2)35-13-4-5-21(12-14-35)36-27-24(17(3)30)25(31)32-26(33-27)18-6-9-20(10-7-18)34-37-23-15-19(28)8-11-22(23)29;1-13(26)20-21(27)29-22(30-23(20)28-9-10-32(2)3)14-5-8-17(18(11-14)33-4)31-34-19-12-15(24)6-7-16(19)25;1-2/h6-11,15-16,21,30,34H,4-5,12-14H2,1-3H3,(H2,31,32,33);5-8,11-12,26,31H,9-10H2,1-4H3,(H3,27,28,29,30);1-2H3. The summed E-state index contributed by atoms with van der Waals surface area (Å²) in [5.74, 6) is 1.10. The van der Waals surface area contributed by atoms with Crippen LogP contribution in [0.25, 0.3) is 22.8 Å². The number of nitrogens with two attached hydrogens (primary N) is 2. The zero-order valence-electron chi connectivity index (χ0n) is 42.6. The molecule has 0 amide bonds. The summed E-state index contributed by atoms with van der Waals surface area (Å²) in [6.45, 7) is 15.1. The highest BCUT2D eigenvalue weighted by Gasteiger charge is 2.24. The minimum atomic E-state index is -0.533. The number of benzene rings is 4. The molecule has 7 rings (SSSR count). The first-order valence-corrected chi connectivity index (χ1v) is 25.7. The number of rotatable bonds is 18. The molecule has 1 unspecified atom stereocenters. The number of hydrogen-bond donors (Lipinski definition) is 7. The molecule has 1 fully saturated rings. The van der Waals surface area contributed by atoms with Gasteiger partial charge in [-0.25, -0.2) is 28.1 Å². The number of hydrogen-bond acceptors (Lipinski definition) is 17. The lowest BCUT2D eigenvalue weighted by atomic mass is 10.1. The number of aromatic nitrogens is 4. The summed E-state index contributed by atoms with van der Waals surface area (Å²) >= 11 is 8.05. The van der Waals surface area contributed by atoms with E-state index in [2.05, 4.69) is 48.5 Å². The number of likely N-dealkylation sites (N-methyl/N-ethyl adjacent to an activating group) is 1. The molecular weight excluding hydrogens is 995 g/mol. The Morgan fingerprint density at radius 3 is 2.05 bits per heavy atom. The predicted octanol–water partition coefficient (Wildman–Crippen LogP) is 12.2. The normalized spacial score (nSPS) is 13.5. The SMILES string of the molecule is CC.CC(=N)c1c(N)nc(-c2ccc(NSc3cc(Cl)ccc3F)cc2)nc1OC1CCCN(C(C)C)CC1.COc1cc(-c2nc(N)c(C(C)=N)c(NCCN(C)C)n2)ccc1NSc1cc(F)ccc1F. The van der Waals surface area contributed by atoms with Crippen molar-refractivity contribution in [1.82, 2.24) is 29.7 Å². The summed E-state index contributed by atoms with van der Waals surface area (Å²) in [5, 5.41) is 20.0. The van der Waals surface area contributed by atoms with Gasteiger partial charge in [-0.1, -0.05) is 25.4 Å². The van der Waals surface area contributed by atoms with E-state index >= 15 is 0 Å². The van der Waals surface area contributed by atoms with Crippen molar-refractivity contribution < 1.29 is 22.6 Å². The van der Waals surface area contributed by atoms with Crippen LogP contribution < -0.4 is 35.7 Å². The molecule has 0 saturated carbocycles. The maximum absolute atomic E-state index is 14.0. The topological polar surface area (TPSA) is 212 Å². The van der Waals surface area contributed by atoms with Crippen molar-refractivity contribution in [2.45, 2.75) is 82.7 Å². The monoisotopic (exact) mass is 1060 g/mol. The molecule has 9 N–H and O–H groups in total. The number of nitrogen functional groups attached to an aromatic ring is 2. The van der Waals surface area contributed by atoms with Gasteiger partial charge in [-0.3, -0.25) is 0 Å². The van der Waals surface area contributed by atoms with Gasteiger partial charge in [0.1, 0.15) is 46.8 Å². The summed E-state index contributed by atoms with van der Waals surface area (Å²) < 4.78 is 59.3. The number of anilines is 5. The quantitative estimate of drug-likeness (QED) is 0.0315. The minimum absolute atomic E-state index is 0.000476. The maximum atomic E-state index is 14.0. The molecule has 0 bridgehead atoms. The Bertz CT molecular complexity index is 2830. The van der Waals surface area contributed by atoms with Crippen LogP contribution in [0, 0.1) is 28.3 Å². The molecule has 21 heteroatoms. The molecule has 3 heterocycles. The zero-order valence-corrected chi connectivity index (χ0v) is 45.0. The van der Waals surface area contributed by atoms with Gasteiger partial charge >= 0.3 is 0 Å². The van der Waals surface area contributed by atoms with Gasteiger partial charge in [0, 0.05) is 58.9 Å². The Labute approximate surface area is 440 Å². The van der Waals surface area contributed by atoms with Crippen LogP contribution >= 0.6 is 35.5 Å². The molecule has 6 aromatic rings. The molecule has 2 aromatic heterocycles. The summed E-state index contributed by atoms with van der Waals surface area (Å²) in [4.78, 5) is 23.2. The first kappa shape index (κ1) is 57.6. The van der Waals surface area contributed by atoms with E-state index in [0.29, 0.717) is 74.0 Å². The molecule has 4 aromatic carbocycles. The minimum Gasteiger partial charge on any atom is -0.495 e. The third-order valence-corrected chi connectivity index (χ3v) is 13.1. The van der Waals surface area contributed by atoms with Crippen molar-refractivity contribution in [3.63, 3.8) is 0 Å². The van der Waals surface area contributed by atoms with Crippen molar-refractivity contribution in [3.8, 4) is 34.4 Å². The van der Waals surface area contributed by atoms with Crippen LogP contribution in [0.2, 0.25) is 5.02 Å². The highest BCUT2D eigenvalue weighted by molar-refractivity contribution is 8.00. The Hall–Kier alpha value is -6.32. The fraction of sp³-hybridized carbons (Fsp3) is 0.346. The molecule has 0 spiro atoms. The van der Waals surface area contributed by atoms with Crippen LogP contribution in [0.5, 0.6) is 11.6 Å². The van der Waals surface area contributed by atoms with Gasteiger partial charge in [0.2, 0.25) is 5.88 Å². The number of methoxy groups -OCH3 is 1. The molecule has 1 aliphatic rings. The highest BCUT2D eigenvalue weighted by Crippen LogP contribution is 2.36. The molecule has 390 valence electrons. The van der Waals surface area contributed by atoms with Crippen LogP contribution in [0.3, 0.4) is 0 Å². The van der Waals surface area contributed by atoms with Crippen LogP contribution in [-0.2, 0) is 0 Å². The fourth-order valence-electron chi connectivity index (χ4n) is 7.34. The molecule has 1 aliphatic heterocycles. The molecule has 1 atom stereocenters. The molecule has 0 aliphatic carbocycles. The lowest BCUT2D eigenvalue weighted by Gasteiger charge is -2.24. The lowest BCUT2D eigenvalue weighted by molar-refractivity contribution is 0.167. The second-order valence-corrected chi connectivity index (χ2v) is 19.2. The van der Waals surface area contributed by atoms with Crippen LogP contribution in [0.4, 0.5) is 42.0 Å². The Kier molecular flexibility index (Phi) is 21.8. The van der Waals surface area contributed by atoms with Gasteiger partial charge in [-0.05, 0) is 170 Å². The molecule has 1 saturated heterocycles.